The smallest absolute Gasteiger partial charge is 0.341 e. The van der Waals surface area contributed by atoms with Crippen molar-refractivity contribution in [2.24, 2.45) is 11.3 Å². The van der Waals surface area contributed by atoms with Crippen LogP contribution in [0.15, 0.2) is 6.07 Å². The Bertz CT molecular complexity index is 1250. The van der Waals surface area contributed by atoms with Crippen molar-refractivity contribution in [1.29, 1.82) is 0 Å². The van der Waals surface area contributed by atoms with Crippen LogP contribution in [0.5, 0.6) is 0 Å². The fourth-order valence-electron chi connectivity index (χ4n) is 4.63. The third-order valence-corrected chi connectivity index (χ3v) is 8.70. The first-order valence-corrected chi connectivity index (χ1v) is 12.9. The number of carbonyl (C=O) groups excluding carboxylic acids is 2. The molecule has 3 heterocycles. The minimum atomic E-state index is -0.378. The number of fused-ring (bicyclic) bond motifs is 2. The first kappa shape index (κ1) is 23.7. The van der Waals surface area contributed by atoms with E-state index < -0.39 is 0 Å². The predicted molar refractivity (Wildman–Crippen MR) is 137 cm³/mol. The van der Waals surface area contributed by atoms with Gasteiger partial charge in [-0.1, -0.05) is 20.8 Å². The van der Waals surface area contributed by atoms with Crippen LogP contribution in [0.25, 0.3) is 10.2 Å². The second-order valence-corrected chi connectivity index (χ2v) is 11.9. The Labute approximate surface area is 202 Å². The van der Waals surface area contributed by atoms with Gasteiger partial charge < -0.3 is 15.8 Å². The van der Waals surface area contributed by atoms with E-state index in [0.29, 0.717) is 27.0 Å². The number of amides is 1. The van der Waals surface area contributed by atoms with Gasteiger partial charge in [-0.2, -0.15) is 0 Å². The number of pyridine rings is 1. The highest BCUT2D eigenvalue weighted by molar-refractivity contribution is 7.21. The topological polar surface area (TPSA) is 94.3 Å². The standard InChI is InChI=1S/C25H31N3O3S2/c1-7-31-24(30)18-15-9-8-14(25(4,5)6)11-16(15)32-23(18)28-21(29)20-19(26)17-12(2)10-13(3)27-22(17)33-20/h10,14H,7-9,11,26H2,1-6H3,(H,28,29). The molecule has 1 aliphatic rings. The summed E-state index contributed by atoms with van der Waals surface area (Å²) in [7, 11) is 0. The fraction of sp³-hybridized carbons (Fsp3) is 0.480. The van der Waals surface area contributed by atoms with Crippen molar-refractivity contribution in [2.45, 2.75) is 60.8 Å². The molecule has 6 nitrogen and oxygen atoms in total. The summed E-state index contributed by atoms with van der Waals surface area (Å²) in [5, 5.41) is 4.37. The number of nitrogens with two attached hydrogens (primary N) is 1. The van der Waals surface area contributed by atoms with Gasteiger partial charge in [0.25, 0.3) is 5.91 Å². The number of nitrogens with zero attached hydrogens (tertiary/aromatic N) is 1. The molecule has 3 aromatic rings. The van der Waals surface area contributed by atoms with Crippen molar-refractivity contribution in [3.63, 3.8) is 0 Å². The summed E-state index contributed by atoms with van der Waals surface area (Å²) in [6.07, 6.45) is 2.73. The molecule has 0 saturated carbocycles. The molecule has 1 unspecified atom stereocenters. The van der Waals surface area contributed by atoms with E-state index in [2.05, 4.69) is 31.1 Å². The highest BCUT2D eigenvalue weighted by Crippen LogP contribution is 2.45. The minimum absolute atomic E-state index is 0.184. The maximum Gasteiger partial charge on any atom is 0.341 e. The van der Waals surface area contributed by atoms with Crippen molar-refractivity contribution in [2.75, 3.05) is 17.7 Å². The number of aromatic nitrogens is 1. The van der Waals surface area contributed by atoms with Gasteiger partial charge in [0, 0.05) is 16.0 Å². The molecule has 0 bridgehead atoms. The molecule has 8 heteroatoms. The lowest BCUT2D eigenvalue weighted by atomic mass is 9.72. The van der Waals surface area contributed by atoms with Crippen molar-refractivity contribution >= 4 is 55.5 Å². The quantitative estimate of drug-likeness (QED) is 0.433. The molecule has 33 heavy (non-hydrogen) atoms. The largest absolute Gasteiger partial charge is 0.462 e. The number of aryl methyl sites for hydroxylation is 2. The van der Waals surface area contributed by atoms with Crippen molar-refractivity contribution in [1.82, 2.24) is 4.98 Å². The normalized spacial score (nSPS) is 16.0. The number of esters is 1. The molecule has 0 fully saturated rings. The molecule has 0 aliphatic heterocycles. The van der Waals surface area contributed by atoms with Gasteiger partial charge in [-0.05, 0) is 68.6 Å². The van der Waals surface area contributed by atoms with Gasteiger partial charge in [0.1, 0.15) is 14.7 Å². The summed E-state index contributed by atoms with van der Waals surface area (Å²) >= 11 is 2.78. The predicted octanol–water partition coefficient (Wildman–Crippen LogP) is 6.14. The number of nitrogens with one attached hydrogen (secondary N) is 1. The number of rotatable bonds is 4. The lowest BCUT2D eigenvalue weighted by Crippen LogP contribution is -2.26. The van der Waals surface area contributed by atoms with Crippen molar-refractivity contribution in [3.8, 4) is 0 Å². The Balaban J connectivity index is 1.72. The molecular formula is C25H31N3O3S2. The van der Waals surface area contributed by atoms with Gasteiger partial charge >= 0.3 is 5.97 Å². The second kappa shape index (κ2) is 8.72. The van der Waals surface area contributed by atoms with Crippen LogP contribution in [0.2, 0.25) is 0 Å². The highest BCUT2D eigenvalue weighted by atomic mass is 32.1. The van der Waals surface area contributed by atoms with Gasteiger partial charge in [0.15, 0.2) is 0 Å². The van der Waals surface area contributed by atoms with E-state index in [1.807, 2.05) is 19.9 Å². The summed E-state index contributed by atoms with van der Waals surface area (Å²) in [5.74, 6) is -0.168. The summed E-state index contributed by atoms with van der Waals surface area (Å²) < 4.78 is 5.36. The summed E-state index contributed by atoms with van der Waals surface area (Å²) in [4.78, 5) is 33.1. The maximum atomic E-state index is 13.3. The van der Waals surface area contributed by atoms with Gasteiger partial charge in [-0.15, -0.1) is 22.7 Å². The van der Waals surface area contributed by atoms with E-state index in [1.54, 1.807) is 6.92 Å². The zero-order valence-electron chi connectivity index (χ0n) is 20.0. The first-order valence-electron chi connectivity index (χ1n) is 11.3. The zero-order chi connectivity index (χ0) is 24.1. The fourth-order valence-corrected chi connectivity index (χ4v) is 7.05. The molecule has 0 radical (unpaired) electrons. The number of hydrogen-bond acceptors (Lipinski definition) is 7. The molecule has 0 spiro atoms. The number of hydrogen-bond donors (Lipinski definition) is 2. The molecule has 1 atom stereocenters. The Morgan fingerprint density at radius 3 is 2.67 bits per heavy atom. The number of thiophene rings is 2. The van der Waals surface area contributed by atoms with E-state index in [1.165, 1.54) is 22.7 Å². The van der Waals surface area contributed by atoms with Crippen LogP contribution < -0.4 is 11.1 Å². The van der Waals surface area contributed by atoms with E-state index in [9.17, 15) is 9.59 Å². The van der Waals surface area contributed by atoms with Gasteiger partial charge in [-0.3, -0.25) is 4.79 Å². The molecule has 176 valence electrons. The summed E-state index contributed by atoms with van der Waals surface area (Å²) in [5.41, 5.74) is 10.4. The van der Waals surface area contributed by atoms with E-state index in [-0.39, 0.29) is 23.9 Å². The average molecular weight is 486 g/mol. The number of anilines is 2. The van der Waals surface area contributed by atoms with Crippen molar-refractivity contribution < 1.29 is 14.3 Å². The molecule has 3 N–H and O–H groups in total. The van der Waals surface area contributed by atoms with E-state index in [4.69, 9.17) is 10.5 Å². The number of nitrogen functional groups attached to an aromatic ring is 1. The van der Waals surface area contributed by atoms with E-state index in [0.717, 1.165) is 51.2 Å². The molecule has 1 amide bonds. The SMILES string of the molecule is CCOC(=O)c1c(NC(=O)c2sc3nc(C)cc(C)c3c2N)sc2c1CCC(C(C)(C)C)C2. The van der Waals surface area contributed by atoms with Crippen LogP contribution >= 0.6 is 22.7 Å². The zero-order valence-corrected chi connectivity index (χ0v) is 21.7. The number of ether oxygens (including phenoxy) is 1. The van der Waals surface area contributed by atoms with Crippen LogP contribution in [0.1, 0.15) is 75.8 Å². The molecule has 0 saturated heterocycles. The van der Waals surface area contributed by atoms with E-state index >= 15 is 0 Å². The third kappa shape index (κ3) is 4.38. The van der Waals surface area contributed by atoms with Crippen molar-refractivity contribution in [3.05, 3.63) is 38.2 Å². The molecule has 0 aromatic carbocycles. The third-order valence-electron chi connectivity index (χ3n) is 6.43. The van der Waals surface area contributed by atoms with Crippen LogP contribution in [0.3, 0.4) is 0 Å². The summed E-state index contributed by atoms with van der Waals surface area (Å²) in [6, 6.07) is 1.96. The second-order valence-electron chi connectivity index (χ2n) is 9.79. The Morgan fingerprint density at radius 1 is 1.27 bits per heavy atom. The molecule has 1 aliphatic carbocycles. The lowest BCUT2D eigenvalue weighted by Gasteiger charge is -2.33. The first-order chi connectivity index (χ1) is 15.5. The van der Waals surface area contributed by atoms with Gasteiger partial charge in [0.05, 0.1) is 17.9 Å². The van der Waals surface area contributed by atoms with Crippen LogP contribution in [0.4, 0.5) is 10.7 Å². The molecule has 3 aromatic heterocycles. The molecular weight excluding hydrogens is 454 g/mol. The van der Waals surface area contributed by atoms with Gasteiger partial charge in [-0.25, -0.2) is 9.78 Å². The van der Waals surface area contributed by atoms with Gasteiger partial charge in [0.2, 0.25) is 0 Å². The monoisotopic (exact) mass is 485 g/mol. The number of carbonyl (C=O) groups is 2. The van der Waals surface area contributed by atoms with Crippen LogP contribution in [-0.2, 0) is 17.6 Å². The maximum absolute atomic E-state index is 13.3. The Hall–Kier alpha value is -2.45. The lowest BCUT2D eigenvalue weighted by molar-refractivity contribution is 0.0526. The minimum Gasteiger partial charge on any atom is -0.462 e. The Kier molecular flexibility index (Phi) is 6.26. The average Bonchev–Trinajstić information content (AvgIpc) is 3.24. The summed E-state index contributed by atoms with van der Waals surface area (Å²) in [6.45, 7) is 12.7. The Morgan fingerprint density at radius 2 is 2.00 bits per heavy atom. The molecule has 4 rings (SSSR count). The highest BCUT2D eigenvalue weighted by Gasteiger charge is 2.35. The van der Waals surface area contributed by atoms with Crippen LogP contribution in [-0.4, -0.2) is 23.5 Å². The van der Waals surface area contributed by atoms with Crippen LogP contribution in [0, 0.1) is 25.2 Å².